The Morgan fingerprint density at radius 1 is 0.656 bits per heavy atom. The molecular weight excluding hydrogens is 392 g/mol. The number of aliphatic hydroxyl groups is 1. The topological polar surface area (TPSA) is 29.5 Å². The average molecular weight is 402 g/mol. The lowest BCUT2D eigenvalue weighted by Crippen LogP contribution is -1.92. The van der Waals surface area contributed by atoms with Crippen molar-refractivity contribution in [3.8, 4) is 137 Å². The first-order chi connectivity index (χ1) is 15.8. The van der Waals surface area contributed by atoms with Crippen molar-refractivity contribution in [2.45, 2.75) is 13.5 Å². The molecule has 0 atom stereocenters. The summed E-state index contributed by atoms with van der Waals surface area (Å²) in [6.07, 6.45) is 7.37. The Morgan fingerprint density at radius 3 is 1.47 bits per heavy atom. The highest BCUT2D eigenvalue weighted by atomic mass is 16.5. The molecule has 0 aromatic heterocycles. The highest BCUT2D eigenvalue weighted by Gasteiger charge is 2.01. The van der Waals surface area contributed by atoms with Crippen LogP contribution in [0.4, 0.5) is 0 Å². The van der Waals surface area contributed by atoms with E-state index in [0.29, 0.717) is 11.3 Å². The molecule has 0 spiro atoms. The Balaban J connectivity index is 2.48. The third kappa shape index (κ3) is 12.5. The Bertz CT molecular complexity index is 1540. The number of hydrogen-bond acceptors (Lipinski definition) is 2. The van der Waals surface area contributed by atoms with Gasteiger partial charge in [0.2, 0.25) is 0 Å². The number of benzene rings is 1. The minimum absolute atomic E-state index is 0.135. The van der Waals surface area contributed by atoms with E-state index >= 15 is 0 Å². The SMILES string of the molecule is C#CC#CC#CC#CC#CC#CC#CC#CC#CC#CC#COc1cc(C)ccc1CO. The largest absolute Gasteiger partial charge is 0.406 e. The van der Waals surface area contributed by atoms with Crippen molar-refractivity contribution in [1.29, 1.82) is 0 Å². The molecule has 1 aromatic rings. The Labute approximate surface area is 189 Å². The molecule has 2 nitrogen and oxygen atoms in total. The molecule has 0 radical (unpaired) electrons. The predicted molar refractivity (Wildman–Crippen MR) is 124 cm³/mol. The van der Waals surface area contributed by atoms with Crippen molar-refractivity contribution in [2.75, 3.05) is 0 Å². The molecule has 0 amide bonds. The summed E-state index contributed by atoms with van der Waals surface area (Å²) in [5, 5.41) is 9.25. The number of aliphatic hydroxyl groups excluding tert-OH is 1. The van der Waals surface area contributed by atoms with Crippen LogP contribution in [0.25, 0.3) is 0 Å². The fourth-order valence-electron chi connectivity index (χ4n) is 1.56. The van der Waals surface area contributed by atoms with Gasteiger partial charge in [-0.15, -0.1) is 6.42 Å². The van der Waals surface area contributed by atoms with E-state index in [0.717, 1.165) is 5.56 Å². The lowest BCUT2D eigenvalue weighted by atomic mass is 10.1. The maximum absolute atomic E-state index is 9.25. The van der Waals surface area contributed by atoms with Gasteiger partial charge in [0.05, 0.1) is 6.61 Å². The number of terminal acetylenes is 1. The van der Waals surface area contributed by atoms with Crippen molar-refractivity contribution < 1.29 is 9.84 Å². The molecule has 0 heterocycles. The summed E-state index contributed by atoms with van der Waals surface area (Å²) in [5.74, 6) is 49.7. The van der Waals surface area contributed by atoms with E-state index in [4.69, 9.17) is 11.2 Å². The van der Waals surface area contributed by atoms with Gasteiger partial charge in [0.15, 0.2) is 0 Å². The first-order valence-electron chi connectivity index (χ1n) is 8.60. The van der Waals surface area contributed by atoms with Crippen molar-refractivity contribution in [3.05, 3.63) is 29.3 Å². The van der Waals surface area contributed by atoms with Gasteiger partial charge in [-0.2, -0.15) is 0 Å². The zero-order valence-corrected chi connectivity index (χ0v) is 16.9. The molecule has 0 saturated heterocycles. The Kier molecular flexibility index (Phi) is 13.0. The highest BCUT2D eigenvalue weighted by molar-refractivity contribution is 5.47. The van der Waals surface area contributed by atoms with Crippen LogP contribution in [0.3, 0.4) is 0 Å². The van der Waals surface area contributed by atoms with Crippen LogP contribution < -0.4 is 4.74 Å². The summed E-state index contributed by atoms with van der Waals surface area (Å²) in [4.78, 5) is 0. The van der Waals surface area contributed by atoms with E-state index in [1.807, 2.05) is 13.0 Å². The van der Waals surface area contributed by atoms with Gasteiger partial charge in [-0.05, 0) is 65.9 Å². The molecule has 2 heteroatoms. The van der Waals surface area contributed by atoms with Crippen LogP contribution in [-0.4, -0.2) is 5.11 Å². The summed E-state index contributed by atoms with van der Waals surface area (Å²) in [7, 11) is 0. The van der Waals surface area contributed by atoms with E-state index in [9.17, 15) is 5.11 Å². The van der Waals surface area contributed by atoms with Crippen LogP contribution in [0, 0.1) is 138 Å². The molecule has 1 aromatic carbocycles. The second-order valence-electron chi connectivity index (χ2n) is 4.99. The highest BCUT2D eigenvalue weighted by Crippen LogP contribution is 2.19. The van der Waals surface area contributed by atoms with Gasteiger partial charge in [-0.25, -0.2) is 0 Å². The first-order valence-corrected chi connectivity index (χ1v) is 8.60. The third-order valence-electron chi connectivity index (χ3n) is 2.80. The Morgan fingerprint density at radius 2 is 1.06 bits per heavy atom. The lowest BCUT2D eigenvalue weighted by molar-refractivity contribution is 0.277. The molecule has 32 heavy (non-hydrogen) atoms. The molecule has 0 aliphatic carbocycles. The fourth-order valence-corrected chi connectivity index (χ4v) is 1.56. The molecule has 1 N–H and O–H groups in total. The van der Waals surface area contributed by atoms with Crippen LogP contribution in [0.2, 0.25) is 0 Å². The summed E-state index contributed by atoms with van der Waals surface area (Å²) in [5.41, 5.74) is 1.64. The van der Waals surface area contributed by atoms with Crippen LogP contribution >= 0.6 is 0 Å². The molecule has 0 fully saturated rings. The maximum atomic E-state index is 9.25. The second-order valence-corrected chi connectivity index (χ2v) is 4.99. The average Bonchev–Trinajstić information content (AvgIpc) is 2.80. The van der Waals surface area contributed by atoms with Crippen molar-refractivity contribution in [1.82, 2.24) is 0 Å². The van der Waals surface area contributed by atoms with Gasteiger partial charge < -0.3 is 9.84 Å². The van der Waals surface area contributed by atoms with Crippen molar-refractivity contribution in [2.24, 2.45) is 0 Å². The van der Waals surface area contributed by atoms with Crippen LogP contribution in [0.1, 0.15) is 11.1 Å². The van der Waals surface area contributed by atoms with E-state index < -0.39 is 0 Å². The number of aryl methyl sites for hydroxylation is 1. The fraction of sp³-hybridized carbons (Fsp3) is 0.0667. The van der Waals surface area contributed by atoms with Crippen molar-refractivity contribution in [3.63, 3.8) is 0 Å². The number of ether oxygens (including phenoxy) is 1. The molecule has 0 aliphatic rings. The number of hydrogen-bond donors (Lipinski definition) is 1. The molecule has 142 valence electrons. The Hall–Kier alpha value is -5.86. The third-order valence-corrected chi connectivity index (χ3v) is 2.80. The summed E-state index contributed by atoms with van der Waals surface area (Å²) >= 11 is 0. The number of rotatable bonds is 2. The lowest BCUT2D eigenvalue weighted by Gasteiger charge is -2.04. The smallest absolute Gasteiger partial charge is 0.146 e. The van der Waals surface area contributed by atoms with Crippen LogP contribution in [0.15, 0.2) is 18.2 Å². The van der Waals surface area contributed by atoms with Gasteiger partial charge in [0.25, 0.3) is 0 Å². The van der Waals surface area contributed by atoms with Crippen LogP contribution in [-0.2, 0) is 6.61 Å². The molecular formula is C30H10O2. The quantitative estimate of drug-likeness (QED) is 0.760. The van der Waals surface area contributed by atoms with E-state index in [1.165, 1.54) is 0 Å². The minimum Gasteiger partial charge on any atom is -0.406 e. The van der Waals surface area contributed by atoms with E-state index in [1.54, 1.807) is 12.1 Å². The van der Waals surface area contributed by atoms with Gasteiger partial charge >= 0.3 is 0 Å². The van der Waals surface area contributed by atoms with Gasteiger partial charge in [-0.1, -0.05) is 12.1 Å². The normalized spacial score (nSPS) is 5.91. The molecule has 0 bridgehead atoms. The predicted octanol–water partition coefficient (Wildman–Crippen LogP) is 1.49. The van der Waals surface area contributed by atoms with Crippen LogP contribution in [0.5, 0.6) is 5.75 Å². The summed E-state index contributed by atoms with van der Waals surface area (Å²) < 4.78 is 5.28. The standard InChI is InChI=1S/C30H10O2/c1-3-4-5-6-7-8-9-10-11-12-13-14-15-16-17-18-19-20-21-22-25-32-30-26-28(2)23-24-29(30)27-31/h1,23-24,26,31H,27H2,2H3. The zero-order valence-electron chi connectivity index (χ0n) is 16.9. The summed E-state index contributed by atoms with van der Waals surface area (Å²) in [6.45, 7) is 1.78. The van der Waals surface area contributed by atoms with Gasteiger partial charge in [0, 0.05) is 76.6 Å². The molecule has 1 rings (SSSR count). The second kappa shape index (κ2) is 17.3. The maximum Gasteiger partial charge on any atom is 0.146 e. The van der Waals surface area contributed by atoms with Crippen molar-refractivity contribution >= 4 is 0 Å². The minimum atomic E-state index is -0.135. The molecule has 0 saturated carbocycles. The first kappa shape index (κ1) is 24.2. The monoisotopic (exact) mass is 402 g/mol. The van der Waals surface area contributed by atoms with Gasteiger partial charge in [-0.3, -0.25) is 0 Å². The van der Waals surface area contributed by atoms with E-state index in [2.05, 4.69) is 125 Å². The zero-order chi connectivity index (χ0) is 23.1. The molecule has 0 unspecified atom stereocenters. The van der Waals surface area contributed by atoms with E-state index in [-0.39, 0.29) is 6.61 Å². The summed E-state index contributed by atoms with van der Waals surface area (Å²) in [6, 6.07) is 5.44. The van der Waals surface area contributed by atoms with Gasteiger partial charge in [0.1, 0.15) is 11.9 Å². The molecule has 0 aliphatic heterocycles.